The van der Waals surface area contributed by atoms with Crippen molar-refractivity contribution < 1.29 is 0 Å². The van der Waals surface area contributed by atoms with Gasteiger partial charge >= 0.3 is 0 Å². The van der Waals surface area contributed by atoms with Gasteiger partial charge in [0.25, 0.3) is 0 Å². The maximum Gasteiger partial charge on any atom is 0.0346 e. The molecule has 1 aromatic carbocycles. The van der Waals surface area contributed by atoms with E-state index in [-0.39, 0.29) is 0 Å². The average molecular weight is 297 g/mol. The molecule has 1 aromatic rings. The van der Waals surface area contributed by atoms with Gasteiger partial charge in [0.2, 0.25) is 0 Å². The highest BCUT2D eigenvalue weighted by atomic mass is 79.9. The molecule has 0 amide bonds. The number of piperidine rings is 1. The number of nitrogens with two attached hydrogens (primary N) is 1. The predicted molar refractivity (Wildman–Crippen MR) is 76.0 cm³/mol. The topological polar surface area (TPSA) is 29.3 Å². The van der Waals surface area contributed by atoms with E-state index in [0.717, 1.165) is 17.4 Å². The lowest BCUT2D eigenvalue weighted by atomic mass is 9.98. The van der Waals surface area contributed by atoms with Crippen LogP contribution in [0.4, 0.5) is 0 Å². The largest absolute Gasteiger partial charge is 0.327 e. The molecule has 2 rings (SSSR count). The van der Waals surface area contributed by atoms with Crippen LogP contribution >= 0.6 is 15.9 Å². The average Bonchev–Trinajstić information content (AvgIpc) is 2.33. The fourth-order valence-electron chi connectivity index (χ4n) is 2.71. The third kappa shape index (κ3) is 3.30. The molecule has 1 heterocycles. The zero-order chi connectivity index (χ0) is 12.3. The van der Waals surface area contributed by atoms with Crippen molar-refractivity contribution >= 4 is 15.9 Å². The first-order valence-electron chi connectivity index (χ1n) is 6.45. The molecule has 1 aliphatic rings. The number of nitrogens with zero attached hydrogens (tertiary/aromatic N) is 1. The van der Waals surface area contributed by atoms with Crippen LogP contribution in [0.15, 0.2) is 28.7 Å². The Bertz CT molecular complexity index is 350. The molecule has 17 heavy (non-hydrogen) atoms. The van der Waals surface area contributed by atoms with Crippen LogP contribution in [-0.2, 0) is 0 Å². The Hall–Kier alpha value is -0.380. The van der Waals surface area contributed by atoms with Gasteiger partial charge in [-0.2, -0.15) is 0 Å². The standard InChI is InChI=1S/C14H21BrN2/c1-2-14(11-5-7-12(15)8-6-11)17-9-3-4-13(16)10-17/h5-8,13-14H,2-4,9-10,16H2,1H3. The Morgan fingerprint density at radius 2 is 2.12 bits per heavy atom. The number of rotatable bonds is 3. The van der Waals surface area contributed by atoms with E-state index < -0.39 is 0 Å². The predicted octanol–water partition coefficient (Wildman–Crippen LogP) is 3.32. The van der Waals surface area contributed by atoms with Gasteiger partial charge in [0, 0.05) is 23.1 Å². The highest BCUT2D eigenvalue weighted by molar-refractivity contribution is 9.10. The molecular weight excluding hydrogens is 276 g/mol. The molecule has 0 spiro atoms. The Balaban J connectivity index is 2.12. The maximum atomic E-state index is 6.07. The molecule has 1 aliphatic heterocycles. The third-order valence-electron chi connectivity index (χ3n) is 3.57. The second-order valence-electron chi connectivity index (χ2n) is 4.87. The molecular formula is C14H21BrN2. The molecule has 0 bridgehead atoms. The molecule has 2 atom stereocenters. The summed E-state index contributed by atoms with van der Waals surface area (Å²) < 4.78 is 1.14. The van der Waals surface area contributed by atoms with E-state index >= 15 is 0 Å². The lowest BCUT2D eigenvalue weighted by Crippen LogP contribution is -2.44. The Kier molecular flexibility index (Phi) is 4.60. The molecule has 0 aliphatic carbocycles. The van der Waals surface area contributed by atoms with E-state index in [0.29, 0.717) is 12.1 Å². The number of halogens is 1. The summed E-state index contributed by atoms with van der Waals surface area (Å²) in [7, 11) is 0. The van der Waals surface area contributed by atoms with Crippen LogP contribution in [0, 0.1) is 0 Å². The number of hydrogen-bond donors (Lipinski definition) is 1. The maximum absolute atomic E-state index is 6.07. The van der Waals surface area contributed by atoms with Gasteiger partial charge in [0.15, 0.2) is 0 Å². The second-order valence-corrected chi connectivity index (χ2v) is 5.79. The molecule has 3 heteroatoms. The van der Waals surface area contributed by atoms with Crippen molar-refractivity contribution in [1.82, 2.24) is 4.90 Å². The van der Waals surface area contributed by atoms with Gasteiger partial charge < -0.3 is 5.73 Å². The Morgan fingerprint density at radius 1 is 1.41 bits per heavy atom. The summed E-state index contributed by atoms with van der Waals surface area (Å²) >= 11 is 3.49. The molecule has 0 radical (unpaired) electrons. The summed E-state index contributed by atoms with van der Waals surface area (Å²) in [6.45, 7) is 4.48. The number of likely N-dealkylation sites (tertiary alicyclic amines) is 1. The van der Waals surface area contributed by atoms with E-state index in [1.165, 1.54) is 24.9 Å². The fraction of sp³-hybridized carbons (Fsp3) is 0.571. The molecule has 1 saturated heterocycles. The lowest BCUT2D eigenvalue weighted by Gasteiger charge is -2.37. The summed E-state index contributed by atoms with van der Waals surface area (Å²) in [6.07, 6.45) is 3.55. The van der Waals surface area contributed by atoms with Gasteiger partial charge in [0.1, 0.15) is 0 Å². The van der Waals surface area contributed by atoms with Crippen LogP contribution in [0.3, 0.4) is 0 Å². The molecule has 0 aromatic heterocycles. The van der Waals surface area contributed by atoms with Crippen molar-refractivity contribution in [1.29, 1.82) is 0 Å². The Morgan fingerprint density at radius 3 is 2.71 bits per heavy atom. The summed E-state index contributed by atoms with van der Waals surface area (Å²) in [6, 6.07) is 9.57. The third-order valence-corrected chi connectivity index (χ3v) is 4.10. The highest BCUT2D eigenvalue weighted by Crippen LogP contribution is 2.27. The zero-order valence-corrected chi connectivity index (χ0v) is 12.0. The minimum absolute atomic E-state index is 0.355. The quantitative estimate of drug-likeness (QED) is 0.927. The molecule has 2 N–H and O–H groups in total. The number of hydrogen-bond acceptors (Lipinski definition) is 2. The summed E-state index contributed by atoms with van der Waals surface area (Å²) in [4.78, 5) is 2.54. The first kappa shape index (κ1) is 13.1. The minimum atomic E-state index is 0.355. The minimum Gasteiger partial charge on any atom is -0.327 e. The van der Waals surface area contributed by atoms with Crippen LogP contribution in [-0.4, -0.2) is 24.0 Å². The van der Waals surface area contributed by atoms with Crippen molar-refractivity contribution in [3.8, 4) is 0 Å². The van der Waals surface area contributed by atoms with E-state index in [9.17, 15) is 0 Å². The van der Waals surface area contributed by atoms with E-state index in [4.69, 9.17) is 5.73 Å². The van der Waals surface area contributed by atoms with Crippen molar-refractivity contribution in [2.24, 2.45) is 5.73 Å². The van der Waals surface area contributed by atoms with Crippen LogP contribution in [0.25, 0.3) is 0 Å². The molecule has 94 valence electrons. The van der Waals surface area contributed by atoms with Crippen LogP contribution in [0.5, 0.6) is 0 Å². The zero-order valence-electron chi connectivity index (χ0n) is 10.4. The van der Waals surface area contributed by atoms with Gasteiger partial charge in [0.05, 0.1) is 0 Å². The molecule has 2 unspecified atom stereocenters. The van der Waals surface area contributed by atoms with Gasteiger partial charge in [-0.25, -0.2) is 0 Å². The smallest absolute Gasteiger partial charge is 0.0346 e. The van der Waals surface area contributed by atoms with Crippen LogP contribution < -0.4 is 5.73 Å². The second kappa shape index (κ2) is 5.98. The number of benzene rings is 1. The molecule has 1 fully saturated rings. The monoisotopic (exact) mass is 296 g/mol. The van der Waals surface area contributed by atoms with Crippen molar-refractivity contribution in [2.45, 2.75) is 38.3 Å². The summed E-state index contributed by atoms with van der Waals surface area (Å²) in [5.41, 5.74) is 7.48. The van der Waals surface area contributed by atoms with Crippen LogP contribution in [0.2, 0.25) is 0 Å². The summed E-state index contributed by atoms with van der Waals surface area (Å²) in [5.74, 6) is 0. The summed E-state index contributed by atoms with van der Waals surface area (Å²) in [5, 5.41) is 0. The first-order chi connectivity index (χ1) is 8.20. The van der Waals surface area contributed by atoms with E-state index in [1.54, 1.807) is 0 Å². The van der Waals surface area contributed by atoms with Crippen molar-refractivity contribution in [3.63, 3.8) is 0 Å². The molecule has 0 saturated carbocycles. The van der Waals surface area contributed by atoms with E-state index in [1.807, 2.05) is 0 Å². The fourth-order valence-corrected chi connectivity index (χ4v) is 2.98. The van der Waals surface area contributed by atoms with E-state index in [2.05, 4.69) is 52.0 Å². The van der Waals surface area contributed by atoms with Crippen molar-refractivity contribution in [2.75, 3.05) is 13.1 Å². The van der Waals surface area contributed by atoms with Crippen LogP contribution in [0.1, 0.15) is 37.8 Å². The van der Waals surface area contributed by atoms with Crippen molar-refractivity contribution in [3.05, 3.63) is 34.3 Å². The SMILES string of the molecule is CCC(c1ccc(Br)cc1)N1CCCC(N)C1. The van der Waals surface area contributed by atoms with Gasteiger partial charge in [-0.3, -0.25) is 4.90 Å². The molecule has 2 nitrogen and oxygen atoms in total. The first-order valence-corrected chi connectivity index (χ1v) is 7.25. The van der Waals surface area contributed by atoms with Gasteiger partial charge in [-0.15, -0.1) is 0 Å². The van der Waals surface area contributed by atoms with Gasteiger partial charge in [-0.05, 0) is 43.5 Å². The normalized spacial score (nSPS) is 23.6. The Labute approximate surface area is 112 Å². The highest BCUT2D eigenvalue weighted by Gasteiger charge is 2.23. The lowest BCUT2D eigenvalue weighted by molar-refractivity contribution is 0.145. The van der Waals surface area contributed by atoms with Gasteiger partial charge in [-0.1, -0.05) is 35.0 Å².